The minimum atomic E-state index is -0.707. The van der Waals surface area contributed by atoms with Crippen LogP contribution in [-0.2, 0) is 4.79 Å². The number of carbonyl (C=O) groups excluding carboxylic acids is 1. The third kappa shape index (κ3) is 5.03. The lowest BCUT2D eigenvalue weighted by molar-refractivity contribution is -0.122. The molecular weight excluding hydrogens is 376 g/mol. The van der Waals surface area contributed by atoms with Gasteiger partial charge in [-0.3, -0.25) is 4.79 Å². The third-order valence-corrected chi connectivity index (χ3v) is 4.19. The second-order valence-electron chi connectivity index (χ2n) is 5.94. The van der Waals surface area contributed by atoms with Gasteiger partial charge < -0.3 is 14.8 Å². The number of ether oxygens (including phenoxy) is 2. The zero-order chi connectivity index (χ0) is 19.9. The Balaban J connectivity index is 1.57. The van der Waals surface area contributed by atoms with Crippen molar-refractivity contribution in [3.8, 4) is 23.3 Å². The summed E-state index contributed by atoms with van der Waals surface area (Å²) in [4.78, 5) is 12.3. The first kappa shape index (κ1) is 19.3. The van der Waals surface area contributed by atoms with Gasteiger partial charge in [-0.05, 0) is 67.6 Å². The van der Waals surface area contributed by atoms with Gasteiger partial charge in [0, 0.05) is 0 Å². The molecule has 140 valence electrons. The number of carbonyl (C=O) groups is 1. The molecule has 3 aromatic carbocycles. The average molecular weight is 393 g/mol. The molecule has 28 heavy (non-hydrogen) atoms. The standard InChI is InChI=1S/C22H17ClN2O3/c1-15(22(26)25-21-5-3-2-4-20(21)23)27-17-10-12-19(13-11-17)28-18-8-6-16(14-24)7-9-18/h2-13,15H,1H3,(H,25,26). The molecule has 0 aromatic heterocycles. The Morgan fingerprint density at radius 1 is 0.964 bits per heavy atom. The maximum atomic E-state index is 12.3. The van der Waals surface area contributed by atoms with Gasteiger partial charge in [-0.25, -0.2) is 0 Å². The smallest absolute Gasteiger partial charge is 0.265 e. The Morgan fingerprint density at radius 2 is 1.54 bits per heavy atom. The van der Waals surface area contributed by atoms with Gasteiger partial charge in [0.2, 0.25) is 0 Å². The summed E-state index contributed by atoms with van der Waals surface area (Å²) in [7, 11) is 0. The Bertz CT molecular complexity index is 996. The van der Waals surface area contributed by atoms with Crippen LogP contribution in [0.1, 0.15) is 12.5 Å². The summed E-state index contributed by atoms with van der Waals surface area (Å²) in [6, 6.07) is 22.8. The van der Waals surface area contributed by atoms with Gasteiger partial charge in [0.05, 0.1) is 22.3 Å². The van der Waals surface area contributed by atoms with Gasteiger partial charge in [-0.1, -0.05) is 23.7 Å². The van der Waals surface area contributed by atoms with Crippen molar-refractivity contribution in [2.75, 3.05) is 5.32 Å². The fourth-order valence-corrected chi connectivity index (χ4v) is 2.56. The monoisotopic (exact) mass is 392 g/mol. The van der Waals surface area contributed by atoms with Crippen LogP contribution in [0.15, 0.2) is 72.8 Å². The molecule has 6 heteroatoms. The first-order chi connectivity index (χ1) is 13.5. The molecule has 0 heterocycles. The molecule has 5 nitrogen and oxygen atoms in total. The van der Waals surface area contributed by atoms with E-state index in [0.29, 0.717) is 33.5 Å². The lowest BCUT2D eigenvalue weighted by atomic mass is 10.2. The normalized spacial score (nSPS) is 11.2. The number of nitrogens with one attached hydrogen (secondary N) is 1. The summed E-state index contributed by atoms with van der Waals surface area (Å²) >= 11 is 6.05. The van der Waals surface area contributed by atoms with E-state index in [1.807, 2.05) is 0 Å². The Morgan fingerprint density at radius 3 is 2.14 bits per heavy atom. The highest BCUT2D eigenvalue weighted by Crippen LogP contribution is 2.25. The lowest BCUT2D eigenvalue weighted by Gasteiger charge is -2.15. The summed E-state index contributed by atoms with van der Waals surface area (Å²) in [5.74, 6) is 1.48. The summed E-state index contributed by atoms with van der Waals surface area (Å²) < 4.78 is 11.4. The minimum Gasteiger partial charge on any atom is -0.481 e. The van der Waals surface area contributed by atoms with Gasteiger partial charge in [0.15, 0.2) is 6.10 Å². The van der Waals surface area contributed by atoms with Crippen LogP contribution in [0.4, 0.5) is 5.69 Å². The predicted molar refractivity (Wildman–Crippen MR) is 108 cm³/mol. The van der Waals surface area contributed by atoms with Crippen LogP contribution < -0.4 is 14.8 Å². The van der Waals surface area contributed by atoms with Crippen LogP contribution in [0, 0.1) is 11.3 Å². The predicted octanol–water partition coefficient (Wildman–Crippen LogP) is 5.41. The Labute approximate surface area is 168 Å². The van der Waals surface area contributed by atoms with Crippen LogP contribution in [-0.4, -0.2) is 12.0 Å². The van der Waals surface area contributed by atoms with E-state index in [-0.39, 0.29) is 5.91 Å². The summed E-state index contributed by atoms with van der Waals surface area (Å²) in [5, 5.41) is 12.0. The summed E-state index contributed by atoms with van der Waals surface area (Å²) in [6.07, 6.45) is -0.707. The van der Waals surface area contributed by atoms with Crippen LogP contribution in [0.3, 0.4) is 0 Å². The molecule has 0 aliphatic rings. The maximum Gasteiger partial charge on any atom is 0.265 e. The molecule has 0 spiro atoms. The zero-order valence-electron chi connectivity index (χ0n) is 15.1. The van der Waals surface area contributed by atoms with E-state index in [1.165, 1.54) is 0 Å². The topological polar surface area (TPSA) is 71.3 Å². The van der Waals surface area contributed by atoms with E-state index in [2.05, 4.69) is 11.4 Å². The first-order valence-corrected chi connectivity index (χ1v) is 8.93. The van der Waals surface area contributed by atoms with Crippen LogP contribution >= 0.6 is 11.6 Å². The number of para-hydroxylation sites is 1. The largest absolute Gasteiger partial charge is 0.481 e. The van der Waals surface area contributed by atoms with Crippen molar-refractivity contribution in [3.63, 3.8) is 0 Å². The molecule has 0 saturated heterocycles. The van der Waals surface area contributed by atoms with Crippen LogP contribution in [0.5, 0.6) is 17.2 Å². The van der Waals surface area contributed by atoms with Crippen molar-refractivity contribution < 1.29 is 14.3 Å². The van der Waals surface area contributed by atoms with E-state index in [9.17, 15) is 4.79 Å². The number of nitrogens with zero attached hydrogens (tertiary/aromatic N) is 1. The molecule has 0 aliphatic carbocycles. The second-order valence-corrected chi connectivity index (χ2v) is 6.35. The fourth-order valence-electron chi connectivity index (χ4n) is 2.37. The van der Waals surface area contributed by atoms with E-state index in [0.717, 1.165) is 0 Å². The molecule has 0 fully saturated rings. The van der Waals surface area contributed by atoms with Crippen molar-refractivity contribution >= 4 is 23.2 Å². The number of benzene rings is 3. The Kier molecular flexibility index (Phi) is 6.15. The van der Waals surface area contributed by atoms with Crippen molar-refractivity contribution in [2.45, 2.75) is 13.0 Å². The molecule has 0 bridgehead atoms. The summed E-state index contributed by atoms with van der Waals surface area (Å²) in [5.41, 5.74) is 1.11. The van der Waals surface area contributed by atoms with Crippen molar-refractivity contribution in [1.82, 2.24) is 0 Å². The van der Waals surface area contributed by atoms with Gasteiger partial charge in [-0.2, -0.15) is 5.26 Å². The molecule has 1 N–H and O–H groups in total. The van der Waals surface area contributed by atoms with Gasteiger partial charge in [0.1, 0.15) is 17.2 Å². The number of amides is 1. The van der Waals surface area contributed by atoms with Gasteiger partial charge in [0.25, 0.3) is 5.91 Å². The number of rotatable bonds is 6. The molecular formula is C22H17ClN2O3. The highest BCUT2D eigenvalue weighted by atomic mass is 35.5. The van der Waals surface area contributed by atoms with E-state index in [1.54, 1.807) is 79.7 Å². The molecule has 1 unspecified atom stereocenters. The van der Waals surface area contributed by atoms with Crippen molar-refractivity contribution in [2.24, 2.45) is 0 Å². The SMILES string of the molecule is CC(Oc1ccc(Oc2ccc(C#N)cc2)cc1)C(=O)Nc1ccccc1Cl. The fraction of sp³-hybridized carbons (Fsp3) is 0.0909. The molecule has 3 aromatic rings. The van der Waals surface area contributed by atoms with Crippen LogP contribution in [0.25, 0.3) is 0 Å². The third-order valence-electron chi connectivity index (χ3n) is 3.86. The van der Waals surface area contributed by atoms with E-state index in [4.69, 9.17) is 26.3 Å². The molecule has 0 saturated carbocycles. The quantitative estimate of drug-likeness (QED) is 0.608. The van der Waals surface area contributed by atoms with E-state index < -0.39 is 6.10 Å². The van der Waals surface area contributed by atoms with Gasteiger partial charge in [-0.15, -0.1) is 0 Å². The lowest BCUT2D eigenvalue weighted by Crippen LogP contribution is -2.30. The van der Waals surface area contributed by atoms with Crippen molar-refractivity contribution in [3.05, 3.63) is 83.4 Å². The van der Waals surface area contributed by atoms with Crippen molar-refractivity contribution in [1.29, 1.82) is 5.26 Å². The van der Waals surface area contributed by atoms with Crippen LogP contribution in [0.2, 0.25) is 5.02 Å². The Hall–Kier alpha value is -3.49. The number of halogens is 1. The number of nitriles is 1. The maximum absolute atomic E-state index is 12.3. The number of hydrogen-bond acceptors (Lipinski definition) is 4. The molecule has 0 radical (unpaired) electrons. The first-order valence-electron chi connectivity index (χ1n) is 8.55. The number of anilines is 1. The average Bonchev–Trinajstić information content (AvgIpc) is 2.71. The number of hydrogen-bond donors (Lipinski definition) is 1. The van der Waals surface area contributed by atoms with E-state index >= 15 is 0 Å². The molecule has 1 atom stereocenters. The zero-order valence-corrected chi connectivity index (χ0v) is 15.8. The molecule has 3 rings (SSSR count). The highest BCUT2D eigenvalue weighted by molar-refractivity contribution is 6.33. The molecule has 1 amide bonds. The molecule has 0 aliphatic heterocycles. The minimum absolute atomic E-state index is 0.300. The summed E-state index contributed by atoms with van der Waals surface area (Å²) in [6.45, 7) is 1.66. The second kappa shape index (κ2) is 8.94. The highest BCUT2D eigenvalue weighted by Gasteiger charge is 2.16. The van der Waals surface area contributed by atoms with Gasteiger partial charge >= 0.3 is 0 Å².